The fraction of sp³-hybridized carbons (Fsp3) is 0.133. The van der Waals surface area contributed by atoms with Gasteiger partial charge in [0.2, 0.25) is 0 Å². The number of benzene rings is 2. The van der Waals surface area contributed by atoms with Crippen LogP contribution >= 0.6 is 0 Å². The predicted molar refractivity (Wildman–Crippen MR) is 73.7 cm³/mol. The molecule has 0 spiro atoms. The Bertz CT molecular complexity index is 609. The molecule has 0 radical (unpaired) electrons. The van der Waals surface area contributed by atoms with E-state index in [0.29, 0.717) is 5.75 Å². The maximum absolute atomic E-state index is 13.6. The Balaban J connectivity index is 1.93. The molecule has 0 saturated carbocycles. The topological polar surface area (TPSA) is 58.6 Å². The quantitative estimate of drug-likeness (QED) is 0.803. The SMILES string of the molecule is O=C(O)c1cc(F)c(NCCOc2ccccc2)c(F)c1. The first-order chi connectivity index (χ1) is 10.1. The molecule has 0 bridgehead atoms. The van der Waals surface area contributed by atoms with E-state index in [-0.39, 0.29) is 18.8 Å². The van der Waals surface area contributed by atoms with Gasteiger partial charge in [0.25, 0.3) is 0 Å². The molecule has 0 aromatic heterocycles. The van der Waals surface area contributed by atoms with Crippen LogP contribution in [0, 0.1) is 11.6 Å². The first kappa shape index (κ1) is 14.8. The van der Waals surface area contributed by atoms with Gasteiger partial charge in [-0.2, -0.15) is 0 Å². The molecule has 4 nitrogen and oxygen atoms in total. The van der Waals surface area contributed by atoms with Crippen LogP contribution in [0.25, 0.3) is 0 Å². The maximum atomic E-state index is 13.6. The van der Waals surface area contributed by atoms with Crippen LogP contribution in [-0.2, 0) is 0 Å². The first-order valence-electron chi connectivity index (χ1n) is 6.22. The van der Waals surface area contributed by atoms with E-state index < -0.39 is 23.2 Å². The molecule has 110 valence electrons. The predicted octanol–water partition coefficient (Wildman–Crippen LogP) is 3.15. The average molecular weight is 293 g/mol. The van der Waals surface area contributed by atoms with Gasteiger partial charge < -0.3 is 15.2 Å². The molecule has 0 fully saturated rings. The number of ether oxygens (including phenoxy) is 1. The third kappa shape index (κ3) is 3.92. The first-order valence-corrected chi connectivity index (χ1v) is 6.22. The van der Waals surface area contributed by atoms with Crippen LogP contribution in [0.15, 0.2) is 42.5 Å². The molecule has 0 aliphatic rings. The molecule has 6 heteroatoms. The largest absolute Gasteiger partial charge is 0.492 e. The Labute approximate surface area is 120 Å². The van der Waals surface area contributed by atoms with Crippen molar-refractivity contribution in [2.45, 2.75) is 0 Å². The highest BCUT2D eigenvalue weighted by molar-refractivity contribution is 5.88. The summed E-state index contributed by atoms with van der Waals surface area (Å²) in [7, 11) is 0. The smallest absolute Gasteiger partial charge is 0.335 e. The second-order valence-electron chi connectivity index (χ2n) is 4.21. The Morgan fingerprint density at radius 1 is 1.14 bits per heavy atom. The van der Waals surface area contributed by atoms with Gasteiger partial charge in [0.05, 0.1) is 5.56 Å². The fourth-order valence-corrected chi connectivity index (χ4v) is 1.73. The van der Waals surface area contributed by atoms with E-state index >= 15 is 0 Å². The minimum absolute atomic E-state index is 0.176. The second kappa shape index (κ2) is 6.69. The normalized spacial score (nSPS) is 10.2. The van der Waals surface area contributed by atoms with E-state index in [0.717, 1.165) is 12.1 Å². The number of rotatable bonds is 6. The molecule has 0 atom stereocenters. The summed E-state index contributed by atoms with van der Waals surface area (Å²) in [4.78, 5) is 10.7. The van der Waals surface area contributed by atoms with Gasteiger partial charge in [-0.15, -0.1) is 0 Å². The fourth-order valence-electron chi connectivity index (χ4n) is 1.73. The van der Waals surface area contributed by atoms with Crippen molar-refractivity contribution in [3.8, 4) is 5.75 Å². The molecule has 0 amide bonds. The van der Waals surface area contributed by atoms with Gasteiger partial charge >= 0.3 is 5.97 Å². The molecule has 0 unspecified atom stereocenters. The molecule has 0 heterocycles. The summed E-state index contributed by atoms with van der Waals surface area (Å²) in [5.41, 5.74) is -0.798. The van der Waals surface area contributed by atoms with Gasteiger partial charge in [-0.25, -0.2) is 13.6 Å². The van der Waals surface area contributed by atoms with E-state index in [1.807, 2.05) is 18.2 Å². The van der Waals surface area contributed by atoms with Crippen LogP contribution in [0.5, 0.6) is 5.75 Å². The van der Waals surface area contributed by atoms with Crippen molar-refractivity contribution in [3.05, 3.63) is 59.7 Å². The standard InChI is InChI=1S/C15H13F2NO3/c16-12-8-10(15(19)20)9-13(17)14(12)18-6-7-21-11-4-2-1-3-5-11/h1-5,8-9,18H,6-7H2,(H,19,20). The van der Waals surface area contributed by atoms with Crippen LogP contribution in [0.1, 0.15) is 10.4 Å². The number of hydrogen-bond donors (Lipinski definition) is 2. The zero-order valence-corrected chi connectivity index (χ0v) is 11.0. The van der Waals surface area contributed by atoms with Crippen molar-refractivity contribution >= 4 is 11.7 Å². The highest BCUT2D eigenvalue weighted by Crippen LogP contribution is 2.20. The van der Waals surface area contributed by atoms with Crippen molar-refractivity contribution in [1.29, 1.82) is 0 Å². The summed E-state index contributed by atoms with van der Waals surface area (Å²) in [5.74, 6) is -2.63. The summed E-state index contributed by atoms with van der Waals surface area (Å²) in [5, 5.41) is 11.2. The van der Waals surface area contributed by atoms with Crippen LogP contribution in [0.4, 0.5) is 14.5 Å². The van der Waals surface area contributed by atoms with Gasteiger partial charge in [0, 0.05) is 6.54 Å². The summed E-state index contributed by atoms with van der Waals surface area (Å²) >= 11 is 0. The van der Waals surface area contributed by atoms with Gasteiger partial charge in [0.15, 0.2) is 0 Å². The van der Waals surface area contributed by atoms with Crippen LogP contribution < -0.4 is 10.1 Å². The zero-order chi connectivity index (χ0) is 15.2. The highest BCUT2D eigenvalue weighted by Gasteiger charge is 2.14. The molecule has 21 heavy (non-hydrogen) atoms. The van der Waals surface area contributed by atoms with Gasteiger partial charge in [-0.05, 0) is 24.3 Å². The number of aromatic carboxylic acids is 1. The number of nitrogens with one attached hydrogen (secondary N) is 1. The number of carboxylic acids is 1. The number of carboxylic acid groups (broad SMARTS) is 1. The number of carbonyl (C=O) groups is 1. The van der Waals surface area contributed by atoms with Crippen molar-refractivity contribution < 1.29 is 23.4 Å². The van der Waals surface area contributed by atoms with Crippen LogP contribution in [0.3, 0.4) is 0 Å². The van der Waals surface area contributed by atoms with Gasteiger partial charge in [0.1, 0.15) is 29.7 Å². The summed E-state index contributed by atoms with van der Waals surface area (Å²) in [6.07, 6.45) is 0. The summed E-state index contributed by atoms with van der Waals surface area (Å²) < 4.78 is 32.6. The van der Waals surface area contributed by atoms with Gasteiger partial charge in [-0.3, -0.25) is 0 Å². The lowest BCUT2D eigenvalue weighted by molar-refractivity contribution is 0.0696. The van der Waals surface area contributed by atoms with Crippen molar-refractivity contribution in [2.24, 2.45) is 0 Å². The van der Waals surface area contributed by atoms with E-state index in [4.69, 9.17) is 9.84 Å². The van der Waals surface area contributed by atoms with Crippen molar-refractivity contribution in [3.63, 3.8) is 0 Å². The third-order valence-corrected chi connectivity index (χ3v) is 2.70. The number of hydrogen-bond acceptors (Lipinski definition) is 3. The molecule has 2 rings (SSSR count). The minimum atomic E-state index is -1.38. The molecule has 2 aromatic rings. The number of para-hydroxylation sites is 1. The Morgan fingerprint density at radius 2 is 1.76 bits per heavy atom. The lowest BCUT2D eigenvalue weighted by Gasteiger charge is -2.10. The number of anilines is 1. The van der Waals surface area contributed by atoms with E-state index in [2.05, 4.69) is 5.32 Å². The molecule has 0 aliphatic carbocycles. The van der Waals surface area contributed by atoms with Crippen LogP contribution in [0.2, 0.25) is 0 Å². The molecule has 2 aromatic carbocycles. The molecule has 0 aliphatic heterocycles. The Kier molecular flexibility index (Phi) is 4.71. The van der Waals surface area contributed by atoms with E-state index in [1.54, 1.807) is 12.1 Å². The lowest BCUT2D eigenvalue weighted by atomic mass is 10.2. The van der Waals surface area contributed by atoms with Crippen molar-refractivity contribution in [2.75, 3.05) is 18.5 Å². The highest BCUT2D eigenvalue weighted by atomic mass is 19.1. The second-order valence-corrected chi connectivity index (χ2v) is 4.21. The Morgan fingerprint density at radius 3 is 2.33 bits per heavy atom. The van der Waals surface area contributed by atoms with E-state index in [9.17, 15) is 13.6 Å². The van der Waals surface area contributed by atoms with Gasteiger partial charge in [-0.1, -0.05) is 18.2 Å². The van der Waals surface area contributed by atoms with Crippen LogP contribution in [-0.4, -0.2) is 24.2 Å². The molecule has 2 N–H and O–H groups in total. The lowest BCUT2D eigenvalue weighted by Crippen LogP contribution is -2.14. The average Bonchev–Trinajstić information content (AvgIpc) is 2.46. The molecule has 0 saturated heterocycles. The zero-order valence-electron chi connectivity index (χ0n) is 11.0. The minimum Gasteiger partial charge on any atom is -0.492 e. The molecular weight excluding hydrogens is 280 g/mol. The molecular formula is C15H13F2NO3. The van der Waals surface area contributed by atoms with E-state index in [1.165, 1.54) is 0 Å². The maximum Gasteiger partial charge on any atom is 0.335 e. The summed E-state index contributed by atoms with van der Waals surface area (Å²) in [6.45, 7) is 0.388. The monoisotopic (exact) mass is 293 g/mol. The number of halogens is 2. The third-order valence-electron chi connectivity index (χ3n) is 2.70. The summed E-state index contributed by atoms with van der Waals surface area (Å²) in [6, 6.07) is 10.5. The van der Waals surface area contributed by atoms with Crippen molar-refractivity contribution in [1.82, 2.24) is 0 Å². The Hall–Kier alpha value is -2.63.